The third kappa shape index (κ3) is 3.41. The number of nitrogens with zero attached hydrogens (tertiary/aromatic N) is 1. The van der Waals surface area contributed by atoms with Crippen molar-refractivity contribution >= 4 is 5.69 Å². The molecule has 2 aromatic carbocycles. The quantitative estimate of drug-likeness (QED) is 0.887. The fourth-order valence-electron chi connectivity index (χ4n) is 2.10. The Morgan fingerprint density at radius 3 is 2.00 bits per heavy atom. The lowest BCUT2D eigenvalue weighted by molar-refractivity contribution is 0.324. The third-order valence-corrected chi connectivity index (χ3v) is 3.24. The summed E-state index contributed by atoms with van der Waals surface area (Å²) in [7, 11) is 4.76. The average molecular weight is 298 g/mol. The Kier molecular flexibility index (Phi) is 5.10. The number of nitriles is 1. The zero-order valence-electron chi connectivity index (χ0n) is 12.8. The number of benzene rings is 2. The summed E-state index contributed by atoms with van der Waals surface area (Å²) >= 11 is 0. The van der Waals surface area contributed by atoms with Crippen molar-refractivity contribution in [3.63, 3.8) is 0 Å². The van der Waals surface area contributed by atoms with Crippen LogP contribution in [0.4, 0.5) is 5.69 Å². The second kappa shape index (κ2) is 7.23. The molecule has 0 saturated heterocycles. The van der Waals surface area contributed by atoms with Gasteiger partial charge in [-0.1, -0.05) is 0 Å². The van der Waals surface area contributed by atoms with Crippen LogP contribution in [-0.4, -0.2) is 21.3 Å². The van der Waals surface area contributed by atoms with Gasteiger partial charge in [-0.15, -0.1) is 0 Å². The van der Waals surface area contributed by atoms with Gasteiger partial charge in [-0.25, -0.2) is 0 Å². The number of hydrogen-bond donors (Lipinski definition) is 1. The molecule has 0 heterocycles. The molecule has 0 aliphatic carbocycles. The van der Waals surface area contributed by atoms with Gasteiger partial charge in [0.25, 0.3) is 0 Å². The monoisotopic (exact) mass is 298 g/mol. The molecule has 5 heteroatoms. The standard InChI is InChI=1S/C17H18N2O3/c1-20-15-8-13(9-16(21-2)17(15)22-3)11-19-14-6-4-12(10-18)5-7-14/h4-9,19H,11H2,1-3H3. The van der Waals surface area contributed by atoms with Crippen LogP contribution in [-0.2, 0) is 6.54 Å². The molecule has 0 aliphatic heterocycles. The lowest BCUT2D eigenvalue weighted by Gasteiger charge is -2.14. The van der Waals surface area contributed by atoms with Crippen molar-refractivity contribution in [1.29, 1.82) is 5.26 Å². The highest BCUT2D eigenvalue weighted by Crippen LogP contribution is 2.38. The van der Waals surface area contributed by atoms with Gasteiger partial charge in [-0.05, 0) is 42.0 Å². The van der Waals surface area contributed by atoms with Gasteiger partial charge in [0.2, 0.25) is 5.75 Å². The summed E-state index contributed by atoms with van der Waals surface area (Å²) in [5, 5.41) is 12.1. The summed E-state index contributed by atoms with van der Waals surface area (Å²) in [6.45, 7) is 0.600. The van der Waals surface area contributed by atoms with Gasteiger partial charge in [0.05, 0.1) is 33.0 Å². The molecular weight excluding hydrogens is 280 g/mol. The van der Waals surface area contributed by atoms with E-state index in [1.807, 2.05) is 24.3 Å². The Labute approximate surface area is 130 Å². The van der Waals surface area contributed by atoms with Gasteiger partial charge in [0.1, 0.15) is 0 Å². The minimum Gasteiger partial charge on any atom is -0.493 e. The van der Waals surface area contributed by atoms with E-state index in [9.17, 15) is 0 Å². The molecule has 2 rings (SSSR count). The summed E-state index contributed by atoms with van der Waals surface area (Å²) in [6.07, 6.45) is 0. The molecule has 0 aliphatic rings. The maximum atomic E-state index is 8.79. The van der Waals surface area contributed by atoms with E-state index in [1.165, 1.54) is 0 Å². The molecule has 1 N–H and O–H groups in total. The SMILES string of the molecule is COc1cc(CNc2ccc(C#N)cc2)cc(OC)c1OC. The van der Waals surface area contributed by atoms with Crippen molar-refractivity contribution in [2.75, 3.05) is 26.6 Å². The average Bonchev–Trinajstić information content (AvgIpc) is 2.59. The van der Waals surface area contributed by atoms with Crippen LogP contribution in [0, 0.1) is 11.3 Å². The van der Waals surface area contributed by atoms with Crippen LogP contribution >= 0.6 is 0 Å². The predicted octanol–water partition coefficient (Wildman–Crippen LogP) is 3.20. The lowest BCUT2D eigenvalue weighted by atomic mass is 10.1. The highest BCUT2D eigenvalue weighted by atomic mass is 16.5. The second-order valence-corrected chi connectivity index (χ2v) is 4.58. The molecule has 0 radical (unpaired) electrons. The number of anilines is 1. The summed E-state index contributed by atoms with van der Waals surface area (Å²) in [4.78, 5) is 0. The van der Waals surface area contributed by atoms with Crippen LogP contribution in [0.5, 0.6) is 17.2 Å². The molecule has 0 bridgehead atoms. The molecule has 0 saturated carbocycles. The maximum Gasteiger partial charge on any atom is 0.203 e. The topological polar surface area (TPSA) is 63.5 Å². The van der Waals surface area contributed by atoms with E-state index in [1.54, 1.807) is 33.5 Å². The van der Waals surface area contributed by atoms with Gasteiger partial charge in [-0.2, -0.15) is 5.26 Å². The van der Waals surface area contributed by atoms with E-state index in [4.69, 9.17) is 19.5 Å². The van der Waals surface area contributed by atoms with Crippen LogP contribution in [0.15, 0.2) is 36.4 Å². The van der Waals surface area contributed by atoms with Crippen LogP contribution in [0.3, 0.4) is 0 Å². The number of rotatable bonds is 6. The van der Waals surface area contributed by atoms with Crippen molar-refractivity contribution in [2.45, 2.75) is 6.54 Å². The summed E-state index contributed by atoms with van der Waals surface area (Å²) in [5.74, 6) is 1.82. The smallest absolute Gasteiger partial charge is 0.203 e. The number of nitrogens with one attached hydrogen (secondary N) is 1. The van der Waals surface area contributed by atoms with Crippen molar-refractivity contribution in [2.24, 2.45) is 0 Å². The highest BCUT2D eigenvalue weighted by molar-refractivity contribution is 5.55. The Morgan fingerprint density at radius 1 is 0.955 bits per heavy atom. The molecule has 22 heavy (non-hydrogen) atoms. The zero-order valence-corrected chi connectivity index (χ0v) is 12.8. The van der Waals surface area contributed by atoms with Crippen LogP contribution in [0.1, 0.15) is 11.1 Å². The van der Waals surface area contributed by atoms with E-state index in [-0.39, 0.29) is 0 Å². The molecule has 0 atom stereocenters. The minimum absolute atomic E-state index is 0.576. The number of ether oxygens (including phenoxy) is 3. The molecule has 0 amide bonds. The van der Waals surface area contributed by atoms with Gasteiger partial charge in [0, 0.05) is 12.2 Å². The van der Waals surface area contributed by atoms with E-state index < -0.39 is 0 Å². The second-order valence-electron chi connectivity index (χ2n) is 4.58. The Bertz CT molecular complexity index is 650. The number of methoxy groups -OCH3 is 3. The zero-order chi connectivity index (χ0) is 15.9. The molecular formula is C17H18N2O3. The van der Waals surface area contributed by atoms with Crippen molar-refractivity contribution in [1.82, 2.24) is 0 Å². The van der Waals surface area contributed by atoms with Gasteiger partial charge < -0.3 is 19.5 Å². The van der Waals surface area contributed by atoms with Crippen molar-refractivity contribution < 1.29 is 14.2 Å². The summed E-state index contributed by atoms with van der Waals surface area (Å²) < 4.78 is 16.0. The first-order valence-corrected chi connectivity index (χ1v) is 6.74. The van der Waals surface area contributed by atoms with Crippen LogP contribution in [0.25, 0.3) is 0 Å². The minimum atomic E-state index is 0.576. The van der Waals surface area contributed by atoms with Crippen LogP contribution in [0.2, 0.25) is 0 Å². The molecule has 0 unspecified atom stereocenters. The lowest BCUT2D eigenvalue weighted by Crippen LogP contribution is -2.02. The molecule has 5 nitrogen and oxygen atoms in total. The Morgan fingerprint density at radius 2 is 1.55 bits per heavy atom. The highest BCUT2D eigenvalue weighted by Gasteiger charge is 2.12. The molecule has 0 fully saturated rings. The first-order chi connectivity index (χ1) is 10.7. The predicted molar refractivity (Wildman–Crippen MR) is 84.6 cm³/mol. The summed E-state index contributed by atoms with van der Waals surface area (Å²) in [5.41, 5.74) is 2.57. The summed E-state index contributed by atoms with van der Waals surface area (Å²) in [6, 6.07) is 13.2. The third-order valence-electron chi connectivity index (χ3n) is 3.24. The van der Waals surface area contributed by atoms with E-state index in [2.05, 4.69) is 11.4 Å². The van der Waals surface area contributed by atoms with Gasteiger partial charge >= 0.3 is 0 Å². The normalized spacial score (nSPS) is 9.73. The van der Waals surface area contributed by atoms with Crippen LogP contribution < -0.4 is 19.5 Å². The van der Waals surface area contributed by atoms with Gasteiger partial charge in [0.15, 0.2) is 11.5 Å². The Hall–Kier alpha value is -2.87. The Balaban J connectivity index is 2.16. The van der Waals surface area contributed by atoms with E-state index in [0.717, 1.165) is 11.3 Å². The van der Waals surface area contributed by atoms with Gasteiger partial charge in [-0.3, -0.25) is 0 Å². The first kappa shape index (κ1) is 15.5. The van der Waals surface area contributed by atoms with E-state index >= 15 is 0 Å². The fraction of sp³-hybridized carbons (Fsp3) is 0.235. The number of hydrogen-bond acceptors (Lipinski definition) is 5. The fourth-order valence-corrected chi connectivity index (χ4v) is 2.10. The van der Waals surface area contributed by atoms with Crippen molar-refractivity contribution in [3.05, 3.63) is 47.5 Å². The van der Waals surface area contributed by atoms with Crippen molar-refractivity contribution in [3.8, 4) is 23.3 Å². The molecule has 0 aromatic heterocycles. The largest absolute Gasteiger partial charge is 0.493 e. The molecule has 114 valence electrons. The molecule has 0 spiro atoms. The first-order valence-electron chi connectivity index (χ1n) is 6.74. The van der Waals surface area contributed by atoms with E-state index in [0.29, 0.717) is 29.4 Å². The maximum absolute atomic E-state index is 8.79. The molecule has 2 aromatic rings.